The molecule has 0 aliphatic carbocycles. The van der Waals surface area contributed by atoms with Crippen molar-refractivity contribution in [2.45, 2.75) is 39.5 Å². The number of aliphatic hydroxyl groups excluding tert-OH is 1. The Balaban J connectivity index is 2.49. The number of thioether (sulfide) groups is 1. The molecule has 1 heterocycles. The van der Waals surface area contributed by atoms with E-state index < -0.39 is 0 Å². The highest BCUT2D eigenvalue weighted by atomic mass is 32.2. The Bertz CT molecular complexity index is 312. The van der Waals surface area contributed by atoms with Gasteiger partial charge in [-0.3, -0.25) is 4.68 Å². The fourth-order valence-electron chi connectivity index (χ4n) is 1.50. The summed E-state index contributed by atoms with van der Waals surface area (Å²) in [7, 11) is 0. The van der Waals surface area contributed by atoms with Crippen LogP contribution in [-0.4, -0.2) is 27.2 Å². The van der Waals surface area contributed by atoms with Gasteiger partial charge in [-0.2, -0.15) is 16.9 Å². The van der Waals surface area contributed by atoms with Crippen LogP contribution in [-0.2, 0) is 18.7 Å². The highest BCUT2D eigenvalue weighted by Crippen LogP contribution is 2.16. The molecule has 0 fully saturated rings. The van der Waals surface area contributed by atoms with E-state index in [-0.39, 0.29) is 6.61 Å². The number of hydrogen-bond donors (Lipinski definition) is 1. The van der Waals surface area contributed by atoms with Gasteiger partial charge in [0.05, 0.1) is 5.69 Å². The van der Waals surface area contributed by atoms with Gasteiger partial charge in [0.25, 0.3) is 0 Å². The average Bonchev–Trinajstić information content (AvgIpc) is 2.71. The van der Waals surface area contributed by atoms with Crippen molar-refractivity contribution in [2.24, 2.45) is 5.92 Å². The minimum atomic E-state index is 0.278. The van der Waals surface area contributed by atoms with Crippen molar-refractivity contribution in [1.82, 2.24) is 9.78 Å². The summed E-state index contributed by atoms with van der Waals surface area (Å²) >= 11 is 1.87. The fourth-order valence-corrected chi connectivity index (χ4v) is 2.56. The summed E-state index contributed by atoms with van der Waals surface area (Å²) in [6.07, 6.45) is 0.998. The topological polar surface area (TPSA) is 38.0 Å². The molecule has 0 radical (unpaired) electrons. The van der Waals surface area contributed by atoms with Gasteiger partial charge in [-0.05, 0) is 31.1 Å². The van der Waals surface area contributed by atoms with Crippen molar-refractivity contribution in [2.75, 3.05) is 12.4 Å². The Labute approximate surface area is 102 Å². The molecule has 3 nitrogen and oxygen atoms in total. The summed E-state index contributed by atoms with van der Waals surface area (Å²) in [5.41, 5.74) is 2.47. The van der Waals surface area contributed by atoms with E-state index in [9.17, 15) is 0 Å². The zero-order chi connectivity index (χ0) is 12.0. The molecule has 0 saturated carbocycles. The number of aliphatic hydroxyl groups is 1. The Morgan fingerprint density at radius 2 is 2.25 bits per heavy atom. The van der Waals surface area contributed by atoms with E-state index >= 15 is 0 Å². The van der Waals surface area contributed by atoms with Crippen molar-refractivity contribution < 1.29 is 5.11 Å². The zero-order valence-corrected chi connectivity index (χ0v) is 11.3. The molecule has 0 spiro atoms. The van der Waals surface area contributed by atoms with Crippen LogP contribution in [0.2, 0.25) is 0 Å². The third-order valence-electron chi connectivity index (χ3n) is 2.54. The lowest BCUT2D eigenvalue weighted by Crippen LogP contribution is -2.05. The summed E-state index contributed by atoms with van der Waals surface area (Å²) in [5, 5.41) is 13.5. The van der Waals surface area contributed by atoms with Crippen LogP contribution in [0.1, 0.15) is 32.2 Å². The molecule has 0 saturated heterocycles. The predicted octanol–water partition coefficient (Wildman–Crippen LogP) is 2.33. The molecular formula is C12H22N2OS. The molecule has 1 rings (SSSR count). The van der Waals surface area contributed by atoms with Gasteiger partial charge in [0.1, 0.15) is 0 Å². The molecule has 4 heteroatoms. The molecule has 1 aromatic heterocycles. The summed E-state index contributed by atoms with van der Waals surface area (Å²) in [6.45, 7) is 7.54. The van der Waals surface area contributed by atoms with E-state index in [1.54, 1.807) is 0 Å². The molecule has 0 aliphatic heterocycles. The fraction of sp³-hybridized carbons (Fsp3) is 0.750. The molecule has 16 heavy (non-hydrogen) atoms. The van der Waals surface area contributed by atoms with Crippen molar-refractivity contribution in [3.63, 3.8) is 0 Å². The summed E-state index contributed by atoms with van der Waals surface area (Å²) in [4.78, 5) is 0. The van der Waals surface area contributed by atoms with E-state index in [1.807, 2.05) is 11.8 Å². The third kappa shape index (κ3) is 3.83. The van der Waals surface area contributed by atoms with E-state index in [1.165, 1.54) is 11.4 Å². The standard InChI is InChI=1S/C12H22N2OS/c1-4-11-6-12(14(5-2)13-11)9-16-8-10(3)7-15/h6,10,15H,4-5,7-9H2,1-3H3. The number of rotatable bonds is 7. The van der Waals surface area contributed by atoms with Crippen molar-refractivity contribution in [3.05, 3.63) is 17.5 Å². The minimum absolute atomic E-state index is 0.278. The maximum atomic E-state index is 8.94. The molecule has 0 aromatic carbocycles. The van der Waals surface area contributed by atoms with E-state index in [4.69, 9.17) is 5.11 Å². The van der Waals surface area contributed by atoms with E-state index in [0.717, 1.165) is 24.5 Å². The molecule has 1 aromatic rings. The maximum absolute atomic E-state index is 8.94. The van der Waals surface area contributed by atoms with E-state index in [0.29, 0.717) is 5.92 Å². The third-order valence-corrected chi connectivity index (χ3v) is 3.84. The Morgan fingerprint density at radius 1 is 1.50 bits per heavy atom. The number of hydrogen-bond acceptors (Lipinski definition) is 3. The molecule has 0 amide bonds. The Morgan fingerprint density at radius 3 is 2.81 bits per heavy atom. The molecular weight excluding hydrogens is 220 g/mol. The second-order valence-electron chi connectivity index (χ2n) is 4.10. The van der Waals surface area contributed by atoms with Gasteiger partial charge >= 0.3 is 0 Å². The Kier molecular flexibility index (Phi) is 5.91. The lowest BCUT2D eigenvalue weighted by atomic mass is 10.2. The number of nitrogens with zero attached hydrogens (tertiary/aromatic N) is 2. The van der Waals surface area contributed by atoms with Gasteiger partial charge in [0.15, 0.2) is 0 Å². The van der Waals surface area contributed by atoms with Crippen molar-refractivity contribution in [1.29, 1.82) is 0 Å². The second-order valence-corrected chi connectivity index (χ2v) is 5.13. The molecule has 92 valence electrons. The largest absolute Gasteiger partial charge is 0.396 e. The smallest absolute Gasteiger partial charge is 0.0625 e. The minimum Gasteiger partial charge on any atom is -0.396 e. The first-order valence-corrected chi connectivity index (χ1v) is 7.10. The van der Waals surface area contributed by atoms with Crippen LogP contribution in [0.5, 0.6) is 0 Å². The predicted molar refractivity (Wildman–Crippen MR) is 69.7 cm³/mol. The first-order chi connectivity index (χ1) is 7.71. The highest BCUT2D eigenvalue weighted by molar-refractivity contribution is 7.98. The van der Waals surface area contributed by atoms with Gasteiger partial charge in [-0.25, -0.2) is 0 Å². The number of aromatic nitrogens is 2. The van der Waals surface area contributed by atoms with Crippen LogP contribution in [0.4, 0.5) is 0 Å². The number of aryl methyl sites for hydroxylation is 2. The van der Waals surface area contributed by atoms with Crippen LogP contribution >= 0.6 is 11.8 Å². The first-order valence-electron chi connectivity index (χ1n) is 5.95. The van der Waals surface area contributed by atoms with Gasteiger partial charge in [0.2, 0.25) is 0 Å². The molecule has 0 aliphatic rings. The van der Waals surface area contributed by atoms with Crippen LogP contribution in [0.25, 0.3) is 0 Å². The summed E-state index contributed by atoms with van der Waals surface area (Å²) in [5.74, 6) is 2.38. The van der Waals surface area contributed by atoms with Gasteiger partial charge in [0, 0.05) is 24.6 Å². The highest BCUT2D eigenvalue weighted by Gasteiger charge is 2.06. The van der Waals surface area contributed by atoms with Gasteiger partial charge in [-0.15, -0.1) is 0 Å². The van der Waals surface area contributed by atoms with Crippen LogP contribution in [0.3, 0.4) is 0 Å². The second kappa shape index (κ2) is 6.97. The molecule has 1 unspecified atom stereocenters. The van der Waals surface area contributed by atoms with Crippen molar-refractivity contribution >= 4 is 11.8 Å². The quantitative estimate of drug-likeness (QED) is 0.797. The molecule has 0 bridgehead atoms. The molecule has 1 atom stereocenters. The molecule has 1 N–H and O–H groups in total. The monoisotopic (exact) mass is 242 g/mol. The van der Waals surface area contributed by atoms with Crippen LogP contribution in [0.15, 0.2) is 6.07 Å². The summed E-state index contributed by atoms with van der Waals surface area (Å²) in [6, 6.07) is 2.19. The average molecular weight is 242 g/mol. The van der Waals surface area contributed by atoms with Crippen LogP contribution in [0, 0.1) is 5.92 Å². The van der Waals surface area contributed by atoms with Gasteiger partial charge in [-0.1, -0.05) is 13.8 Å². The normalized spacial score (nSPS) is 13.0. The van der Waals surface area contributed by atoms with Crippen LogP contribution < -0.4 is 0 Å². The Hall–Kier alpha value is -0.480. The van der Waals surface area contributed by atoms with Crippen molar-refractivity contribution in [3.8, 4) is 0 Å². The zero-order valence-electron chi connectivity index (χ0n) is 10.4. The lowest BCUT2D eigenvalue weighted by molar-refractivity contribution is 0.250. The SMILES string of the molecule is CCc1cc(CSCC(C)CO)n(CC)n1. The van der Waals surface area contributed by atoms with E-state index in [2.05, 4.69) is 36.6 Å². The summed E-state index contributed by atoms with van der Waals surface area (Å²) < 4.78 is 2.08. The lowest BCUT2D eigenvalue weighted by Gasteiger charge is -2.07. The van der Waals surface area contributed by atoms with Gasteiger partial charge < -0.3 is 5.11 Å². The first kappa shape index (κ1) is 13.6. The maximum Gasteiger partial charge on any atom is 0.0625 e.